The van der Waals surface area contributed by atoms with Gasteiger partial charge in [-0.25, -0.2) is 18.6 Å². The Morgan fingerprint density at radius 3 is 2.73 bits per heavy atom. The van der Waals surface area contributed by atoms with Gasteiger partial charge in [0.25, 0.3) is 6.43 Å². The van der Waals surface area contributed by atoms with Gasteiger partial charge in [0.1, 0.15) is 10.8 Å². The molecule has 4 nitrogen and oxygen atoms in total. The van der Waals surface area contributed by atoms with Crippen molar-refractivity contribution in [3.8, 4) is 0 Å². The lowest BCUT2D eigenvalue weighted by Gasteiger charge is -2.07. The Labute approximate surface area is 89.0 Å². The van der Waals surface area contributed by atoms with E-state index in [1.54, 1.807) is 0 Å². The first kappa shape index (κ1) is 11.6. The van der Waals surface area contributed by atoms with Crippen molar-refractivity contribution in [3.05, 3.63) is 22.5 Å². The molecule has 0 radical (unpaired) electrons. The number of hydrogen-bond acceptors (Lipinski definition) is 4. The monoisotopic (exact) mass is 236 g/mol. The maximum atomic E-state index is 12.3. The number of methoxy groups -OCH3 is 1. The number of nitrogen functional groups attached to an aromatic ring is 1. The number of alkyl halides is 2. The molecule has 1 heterocycles. The number of rotatable bonds is 2. The van der Waals surface area contributed by atoms with Crippen LogP contribution in [0.25, 0.3) is 0 Å². The van der Waals surface area contributed by atoms with Crippen molar-refractivity contribution in [2.45, 2.75) is 6.43 Å². The molecule has 0 atom stereocenters. The number of nitrogens with zero attached hydrogens (tertiary/aromatic N) is 1. The molecule has 0 unspecified atom stereocenters. The van der Waals surface area contributed by atoms with Gasteiger partial charge in [0.2, 0.25) is 0 Å². The normalized spacial score (nSPS) is 10.5. The van der Waals surface area contributed by atoms with Crippen LogP contribution in [0.15, 0.2) is 6.07 Å². The van der Waals surface area contributed by atoms with Crippen LogP contribution in [0.2, 0.25) is 5.15 Å². The lowest BCUT2D eigenvalue weighted by Crippen LogP contribution is -2.07. The number of aromatic nitrogens is 1. The fraction of sp³-hybridized carbons (Fsp3) is 0.250. The molecule has 0 saturated heterocycles. The van der Waals surface area contributed by atoms with Gasteiger partial charge in [-0.05, 0) is 6.07 Å². The molecule has 0 fully saturated rings. The highest BCUT2D eigenvalue weighted by Gasteiger charge is 2.19. The third-order valence-electron chi connectivity index (χ3n) is 1.65. The van der Waals surface area contributed by atoms with Gasteiger partial charge in [-0.3, -0.25) is 0 Å². The maximum absolute atomic E-state index is 12.3. The van der Waals surface area contributed by atoms with E-state index in [1.165, 1.54) is 0 Å². The molecule has 1 aromatic rings. The summed E-state index contributed by atoms with van der Waals surface area (Å²) < 4.78 is 29.0. The van der Waals surface area contributed by atoms with Crippen LogP contribution in [0.4, 0.5) is 14.5 Å². The van der Waals surface area contributed by atoms with Crippen molar-refractivity contribution in [1.29, 1.82) is 0 Å². The van der Waals surface area contributed by atoms with E-state index in [9.17, 15) is 13.6 Å². The SMILES string of the molecule is COC(=O)c1cc(N)c(C(F)F)nc1Cl. The van der Waals surface area contributed by atoms with Crippen molar-refractivity contribution in [2.24, 2.45) is 0 Å². The summed E-state index contributed by atoms with van der Waals surface area (Å²) in [6.45, 7) is 0. The zero-order valence-corrected chi connectivity index (χ0v) is 8.39. The quantitative estimate of drug-likeness (QED) is 0.630. The molecule has 0 aliphatic heterocycles. The van der Waals surface area contributed by atoms with E-state index in [0.29, 0.717) is 0 Å². The lowest BCUT2D eigenvalue weighted by molar-refractivity contribution is 0.0600. The fourth-order valence-corrected chi connectivity index (χ4v) is 1.17. The number of anilines is 1. The number of hydrogen-bond donors (Lipinski definition) is 1. The molecular formula is C8H7ClF2N2O2. The molecule has 0 saturated carbocycles. The van der Waals surface area contributed by atoms with Crippen LogP contribution in [0.3, 0.4) is 0 Å². The molecule has 15 heavy (non-hydrogen) atoms. The Kier molecular flexibility index (Phi) is 3.41. The summed E-state index contributed by atoms with van der Waals surface area (Å²) in [5.74, 6) is -0.778. The van der Waals surface area contributed by atoms with Crippen molar-refractivity contribution >= 4 is 23.3 Å². The van der Waals surface area contributed by atoms with E-state index in [0.717, 1.165) is 13.2 Å². The van der Waals surface area contributed by atoms with Gasteiger partial charge < -0.3 is 10.5 Å². The van der Waals surface area contributed by atoms with E-state index >= 15 is 0 Å². The number of carbonyl (C=O) groups excluding carboxylic acids is 1. The summed E-state index contributed by atoms with van der Waals surface area (Å²) in [6.07, 6.45) is -2.84. The molecule has 2 N–H and O–H groups in total. The molecule has 1 rings (SSSR count). The van der Waals surface area contributed by atoms with Crippen LogP contribution in [0.5, 0.6) is 0 Å². The number of pyridine rings is 1. The van der Waals surface area contributed by atoms with Gasteiger partial charge >= 0.3 is 5.97 Å². The second-order valence-electron chi connectivity index (χ2n) is 2.59. The van der Waals surface area contributed by atoms with Crippen LogP contribution < -0.4 is 5.73 Å². The van der Waals surface area contributed by atoms with Crippen molar-refractivity contribution in [2.75, 3.05) is 12.8 Å². The van der Waals surface area contributed by atoms with Gasteiger partial charge in [0.15, 0.2) is 0 Å². The fourth-order valence-electron chi connectivity index (χ4n) is 0.947. The molecule has 0 aliphatic rings. The molecule has 7 heteroatoms. The van der Waals surface area contributed by atoms with Crippen LogP contribution >= 0.6 is 11.6 Å². The first-order chi connectivity index (χ1) is 6.97. The summed E-state index contributed by atoms with van der Waals surface area (Å²) in [5, 5.41) is -0.355. The van der Waals surface area contributed by atoms with E-state index in [2.05, 4.69) is 9.72 Å². The topological polar surface area (TPSA) is 65.2 Å². The summed E-state index contributed by atoms with van der Waals surface area (Å²) in [4.78, 5) is 14.4. The highest BCUT2D eigenvalue weighted by molar-refractivity contribution is 6.32. The van der Waals surface area contributed by atoms with Gasteiger partial charge in [0, 0.05) is 0 Å². The standard InChI is InChI=1S/C8H7ClF2N2O2/c1-15-8(14)3-2-4(12)5(7(10)11)13-6(3)9/h2,7H,12H2,1H3. The third-order valence-corrected chi connectivity index (χ3v) is 1.94. The minimum absolute atomic E-state index is 0.138. The Morgan fingerprint density at radius 1 is 1.67 bits per heavy atom. The van der Waals surface area contributed by atoms with E-state index in [-0.39, 0.29) is 16.4 Å². The van der Waals surface area contributed by atoms with E-state index in [1.807, 2.05) is 0 Å². The average molecular weight is 237 g/mol. The maximum Gasteiger partial charge on any atom is 0.341 e. The zero-order valence-electron chi connectivity index (χ0n) is 7.63. The van der Waals surface area contributed by atoms with Gasteiger partial charge in [0.05, 0.1) is 18.4 Å². The molecular weight excluding hydrogens is 230 g/mol. The number of halogens is 3. The molecule has 1 aromatic heterocycles. The smallest absolute Gasteiger partial charge is 0.341 e. The van der Waals surface area contributed by atoms with Crippen molar-refractivity contribution in [1.82, 2.24) is 4.98 Å². The molecule has 0 bridgehead atoms. The Bertz CT molecular complexity index is 398. The summed E-state index contributed by atoms with van der Waals surface area (Å²) in [5.41, 5.74) is 4.19. The Morgan fingerprint density at radius 2 is 2.27 bits per heavy atom. The number of nitrogens with two attached hydrogens (primary N) is 1. The second kappa shape index (κ2) is 4.39. The molecule has 82 valence electrons. The van der Waals surface area contributed by atoms with Crippen LogP contribution in [-0.2, 0) is 4.74 Å². The molecule has 0 spiro atoms. The molecule has 0 aliphatic carbocycles. The number of ether oxygens (including phenoxy) is 1. The van der Waals surface area contributed by atoms with Crippen molar-refractivity contribution in [3.63, 3.8) is 0 Å². The third kappa shape index (κ3) is 2.33. The van der Waals surface area contributed by atoms with Gasteiger partial charge in [-0.15, -0.1) is 0 Å². The first-order valence-corrected chi connectivity index (χ1v) is 4.17. The predicted octanol–water partition coefficient (Wildman–Crippen LogP) is 2.04. The highest BCUT2D eigenvalue weighted by Crippen LogP contribution is 2.27. The number of esters is 1. The second-order valence-corrected chi connectivity index (χ2v) is 2.95. The summed E-state index contributed by atoms with van der Waals surface area (Å²) in [6, 6.07) is 1.02. The van der Waals surface area contributed by atoms with E-state index in [4.69, 9.17) is 17.3 Å². The van der Waals surface area contributed by atoms with E-state index < -0.39 is 18.1 Å². The molecule has 0 aromatic carbocycles. The Balaban J connectivity index is 3.25. The summed E-state index contributed by atoms with van der Waals surface area (Å²) >= 11 is 5.52. The highest BCUT2D eigenvalue weighted by atomic mass is 35.5. The summed E-state index contributed by atoms with van der Waals surface area (Å²) in [7, 11) is 1.13. The predicted molar refractivity (Wildman–Crippen MR) is 50.0 cm³/mol. The Hall–Kier alpha value is -1.43. The van der Waals surface area contributed by atoms with Crippen LogP contribution in [0.1, 0.15) is 22.5 Å². The molecule has 0 amide bonds. The minimum Gasteiger partial charge on any atom is -0.465 e. The number of carbonyl (C=O) groups is 1. The van der Waals surface area contributed by atoms with Crippen LogP contribution in [-0.4, -0.2) is 18.1 Å². The average Bonchev–Trinajstić information content (AvgIpc) is 2.19. The van der Waals surface area contributed by atoms with Crippen molar-refractivity contribution < 1.29 is 18.3 Å². The zero-order chi connectivity index (χ0) is 11.6. The largest absolute Gasteiger partial charge is 0.465 e. The van der Waals surface area contributed by atoms with Gasteiger partial charge in [-0.2, -0.15) is 0 Å². The lowest BCUT2D eigenvalue weighted by atomic mass is 10.2. The van der Waals surface area contributed by atoms with Gasteiger partial charge in [-0.1, -0.05) is 11.6 Å². The first-order valence-electron chi connectivity index (χ1n) is 3.79. The minimum atomic E-state index is -2.84. The van der Waals surface area contributed by atoms with Crippen LogP contribution in [0, 0.1) is 0 Å².